The molecule has 3 nitrogen and oxygen atoms in total. The van der Waals surface area contributed by atoms with Crippen LogP contribution in [-0.4, -0.2) is 16.0 Å². The lowest BCUT2D eigenvalue weighted by molar-refractivity contribution is 0.165. The lowest BCUT2D eigenvalue weighted by Gasteiger charge is -2.18. The van der Waals surface area contributed by atoms with Crippen LogP contribution >= 0.6 is 11.5 Å². The summed E-state index contributed by atoms with van der Waals surface area (Å²) < 4.78 is 4.19. The molecule has 0 aromatic carbocycles. The molecule has 0 amide bonds. The predicted molar refractivity (Wildman–Crippen MR) is 43.5 cm³/mol. The van der Waals surface area contributed by atoms with Crippen molar-refractivity contribution in [3.8, 4) is 0 Å². The van der Waals surface area contributed by atoms with E-state index in [2.05, 4.69) is 9.69 Å². The van der Waals surface area contributed by atoms with E-state index < -0.39 is 0 Å². The van der Waals surface area contributed by atoms with Crippen LogP contribution in [0.2, 0.25) is 0 Å². The Morgan fingerprint density at radius 2 is 2.55 bits per heavy atom. The second-order valence-corrected chi connectivity index (χ2v) is 3.61. The molecule has 2 heterocycles. The largest absolute Gasteiger partial charge is 0.387 e. The summed E-state index contributed by atoms with van der Waals surface area (Å²) in [7, 11) is 0. The van der Waals surface area contributed by atoms with Crippen LogP contribution in [0.4, 0.5) is 0 Å². The Balaban J connectivity index is 2.48. The summed E-state index contributed by atoms with van der Waals surface area (Å²) in [5.74, 6) is 0. The molecule has 2 N–H and O–H groups in total. The average Bonchev–Trinajstić information content (AvgIpc) is 2.34. The van der Waals surface area contributed by atoms with Crippen LogP contribution in [0.1, 0.15) is 22.2 Å². The number of aliphatic hydroxyl groups is 1. The number of hydrogen-bond donors (Lipinski definition) is 2. The topological polar surface area (TPSA) is 45.2 Å². The molecule has 0 bridgehead atoms. The first-order chi connectivity index (χ1) is 5.29. The van der Waals surface area contributed by atoms with Crippen molar-refractivity contribution in [2.45, 2.75) is 19.6 Å². The van der Waals surface area contributed by atoms with Gasteiger partial charge >= 0.3 is 0 Å². The Kier molecular flexibility index (Phi) is 1.67. The number of fused-ring (bicyclic) bond motifs is 1. The maximum absolute atomic E-state index is 9.54. The summed E-state index contributed by atoms with van der Waals surface area (Å²) in [6.07, 6.45) is -0.350. The quantitative estimate of drug-likeness (QED) is 0.599. The third kappa shape index (κ3) is 1.07. The molecule has 0 saturated carbocycles. The van der Waals surface area contributed by atoms with Crippen molar-refractivity contribution in [1.29, 1.82) is 0 Å². The van der Waals surface area contributed by atoms with Gasteiger partial charge in [0.05, 0.1) is 11.8 Å². The van der Waals surface area contributed by atoms with Crippen LogP contribution in [0.25, 0.3) is 0 Å². The van der Waals surface area contributed by atoms with E-state index in [-0.39, 0.29) is 6.10 Å². The molecule has 2 rings (SSSR count). The number of rotatable bonds is 0. The smallest absolute Gasteiger partial charge is 0.0943 e. The molecule has 0 saturated heterocycles. The van der Waals surface area contributed by atoms with Crippen molar-refractivity contribution in [2.75, 3.05) is 6.54 Å². The van der Waals surface area contributed by atoms with Crippen molar-refractivity contribution in [3.05, 3.63) is 16.1 Å². The van der Waals surface area contributed by atoms with E-state index in [1.807, 2.05) is 6.92 Å². The Morgan fingerprint density at radius 1 is 1.73 bits per heavy atom. The minimum atomic E-state index is -0.350. The molecular formula is C7H10N2OS. The van der Waals surface area contributed by atoms with Gasteiger partial charge in [-0.2, -0.15) is 4.37 Å². The molecule has 0 radical (unpaired) electrons. The number of aryl methyl sites for hydroxylation is 1. The molecule has 0 fully saturated rings. The molecule has 0 spiro atoms. The fraction of sp³-hybridized carbons (Fsp3) is 0.571. The molecule has 11 heavy (non-hydrogen) atoms. The third-order valence-corrected chi connectivity index (χ3v) is 2.89. The summed E-state index contributed by atoms with van der Waals surface area (Å²) in [4.78, 5) is 1.18. The normalized spacial score (nSPS) is 23.3. The van der Waals surface area contributed by atoms with Gasteiger partial charge < -0.3 is 10.4 Å². The van der Waals surface area contributed by atoms with Crippen LogP contribution in [0.5, 0.6) is 0 Å². The van der Waals surface area contributed by atoms with E-state index in [0.29, 0.717) is 6.54 Å². The predicted octanol–water partition coefficient (Wildman–Crippen LogP) is 0.588. The van der Waals surface area contributed by atoms with Crippen molar-refractivity contribution < 1.29 is 5.11 Å². The highest BCUT2D eigenvalue weighted by Crippen LogP contribution is 2.27. The zero-order chi connectivity index (χ0) is 7.84. The van der Waals surface area contributed by atoms with Gasteiger partial charge in [0.25, 0.3) is 0 Å². The Hall–Kier alpha value is -0.450. The van der Waals surface area contributed by atoms with Gasteiger partial charge in [-0.3, -0.25) is 0 Å². The van der Waals surface area contributed by atoms with Crippen LogP contribution in [-0.2, 0) is 6.54 Å². The first-order valence-corrected chi connectivity index (χ1v) is 4.40. The Bertz CT molecular complexity index is 271. The number of aliphatic hydroxyl groups excluding tert-OH is 1. The van der Waals surface area contributed by atoms with E-state index in [1.165, 1.54) is 16.4 Å². The summed E-state index contributed by atoms with van der Waals surface area (Å²) >= 11 is 1.48. The Labute approximate surface area is 69.2 Å². The van der Waals surface area contributed by atoms with Gasteiger partial charge in [0.1, 0.15) is 0 Å². The van der Waals surface area contributed by atoms with Crippen LogP contribution in [0.3, 0.4) is 0 Å². The van der Waals surface area contributed by atoms with Gasteiger partial charge in [-0.05, 0) is 18.5 Å². The number of hydrogen-bond acceptors (Lipinski definition) is 4. The zero-order valence-electron chi connectivity index (χ0n) is 6.29. The molecule has 1 aromatic heterocycles. The molecule has 60 valence electrons. The summed E-state index contributed by atoms with van der Waals surface area (Å²) in [5.41, 5.74) is 2.03. The summed E-state index contributed by atoms with van der Waals surface area (Å²) in [6.45, 7) is 3.47. The number of aromatic nitrogens is 1. The highest BCUT2D eigenvalue weighted by atomic mass is 32.1. The van der Waals surface area contributed by atoms with E-state index in [9.17, 15) is 5.11 Å². The maximum atomic E-state index is 9.54. The van der Waals surface area contributed by atoms with Gasteiger partial charge in [-0.25, -0.2) is 0 Å². The second kappa shape index (κ2) is 2.55. The number of β-amino-alcohol motifs (C(OH)–C–C–N with tert-alkyl or cyclic N) is 1. The minimum Gasteiger partial charge on any atom is -0.387 e. The van der Waals surface area contributed by atoms with E-state index in [1.54, 1.807) is 0 Å². The molecule has 1 atom stereocenters. The van der Waals surface area contributed by atoms with Crippen LogP contribution < -0.4 is 5.32 Å². The summed E-state index contributed by atoms with van der Waals surface area (Å²) in [5, 5.41) is 12.7. The lowest BCUT2D eigenvalue weighted by atomic mass is 10.1. The molecule has 1 aliphatic heterocycles. The van der Waals surface area contributed by atoms with E-state index in [4.69, 9.17) is 0 Å². The monoisotopic (exact) mass is 170 g/mol. The molecule has 0 aliphatic carbocycles. The molecular weight excluding hydrogens is 160 g/mol. The highest BCUT2D eigenvalue weighted by molar-refractivity contribution is 7.06. The van der Waals surface area contributed by atoms with Crippen LogP contribution in [0, 0.1) is 6.92 Å². The molecule has 1 aromatic rings. The SMILES string of the molecule is Cc1nsc2c1C(O)CNC2. The van der Waals surface area contributed by atoms with Gasteiger partial charge in [0, 0.05) is 23.5 Å². The van der Waals surface area contributed by atoms with Crippen molar-refractivity contribution in [3.63, 3.8) is 0 Å². The number of nitrogens with one attached hydrogen (secondary N) is 1. The first kappa shape index (κ1) is 7.21. The van der Waals surface area contributed by atoms with Gasteiger partial charge in [0.2, 0.25) is 0 Å². The maximum Gasteiger partial charge on any atom is 0.0943 e. The third-order valence-electron chi connectivity index (χ3n) is 1.94. The molecule has 1 aliphatic rings. The summed E-state index contributed by atoms with van der Waals surface area (Å²) in [6, 6.07) is 0. The zero-order valence-corrected chi connectivity index (χ0v) is 7.11. The minimum absolute atomic E-state index is 0.350. The Morgan fingerprint density at radius 3 is 3.27 bits per heavy atom. The van der Waals surface area contributed by atoms with Crippen molar-refractivity contribution in [1.82, 2.24) is 9.69 Å². The van der Waals surface area contributed by atoms with Gasteiger partial charge in [0.15, 0.2) is 0 Å². The van der Waals surface area contributed by atoms with Crippen molar-refractivity contribution in [2.24, 2.45) is 0 Å². The highest BCUT2D eigenvalue weighted by Gasteiger charge is 2.21. The molecule has 1 unspecified atom stereocenters. The standard InChI is InChI=1S/C7H10N2OS/c1-4-7-5(10)2-8-3-6(7)11-9-4/h5,8,10H,2-3H2,1H3. The molecule has 4 heteroatoms. The fourth-order valence-electron chi connectivity index (χ4n) is 1.40. The number of nitrogens with zero attached hydrogens (tertiary/aromatic N) is 1. The average molecular weight is 170 g/mol. The van der Waals surface area contributed by atoms with Gasteiger partial charge in [-0.1, -0.05) is 0 Å². The first-order valence-electron chi connectivity index (χ1n) is 3.63. The fourth-order valence-corrected chi connectivity index (χ4v) is 2.30. The van der Waals surface area contributed by atoms with E-state index in [0.717, 1.165) is 17.8 Å². The van der Waals surface area contributed by atoms with E-state index >= 15 is 0 Å². The lowest BCUT2D eigenvalue weighted by Crippen LogP contribution is -2.26. The second-order valence-electron chi connectivity index (χ2n) is 2.75. The van der Waals surface area contributed by atoms with Crippen molar-refractivity contribution >= 4 is 11.5 Å². The van der Waals surface area contributed by atoms with Gasteiger partial charge in [-0.15, -0.1) is 0 Å². The van der Waals surface area contributed by atoms with Crippen LogP contribution in [0.15, 0.2) is 0 Å².